The molecule has 0 aliphatic heterocycles. The summed E-state index contributed by atoms with van der Waals surface area (Å²) in [4.78, 5) is 12.0. The second-order valence-corrected chi connectivity index (χ2v) is 8.21. The Bertz CT molecular complexity index is 810. The lowest BCUT2D eigenvalue weighted by Gasteiger charge is -2.20. The number of carbonyl (C=O) groups excluding carboxylic acids is 1. The maximum Gasteiger partial charge on any atom is 0.262 e. The highest BCUT2D eigenvalue weighted by Gasteiger charge is 2.21. The molecule has 0 aliphatic rings. The van der Waals surface area contributed by atoms with Crippen LogP contribution in [0.1, 0.15) is 20.8 Å². The van der Waals surface area contributed by atoms with E-state index >= 15 is 0 Å². The van der Waals surface area contributed by atoms with E-state index in [-0.39, 0.29) is 17.4 Å². The summed E-state index contributed by atoms with van der Waals surface area (Å²) < 4.78 is 32.4. The lowest BCUT2D eigenvalue weighted by Crippen LogP contribution is -2.40. The second-order valence-electron chi connectivity index (χ2n) is 6.53. The van der Waals surface area contributed by atoms with Crippen LogP contribution >= 0.6 is 0 Å². The number of amides is 1. The minimum absolute atomic E-state index is 0.142. The molecule has 0 fully saturated rings. The normalized spacial score (nSPS) is 11.8. The van der Waals surface area contributed by atoms with Gasteiger partial charge in [-0.25, -0.2) is 13.1 Å². The van der Waals surface area contributed by atoms with E-state index in [1.165, 1.54) is 24.3 Å². The first kappa shape index (κ1) is 19.0. The number of nitrogens with one attached hydrogen (secondary N) is 2. The Morgan fingerprint density at radius 3 is 2.16 bits per heavy atom. The van der Waals surface area contributed by atoms with Crippen LogP contribution in [-0.2, 0) is 14.8 Å². The van der Waals surface area contributed by atoms with Gasteiger partial charge in [0, 0.05) is 11.2 Å². The highest BCUT2D eigenvalue weighted by atomic mass is 32.2. The van der Waals surface area contributed by atoms with Crippen LogP contribution in [0.15, 0.2) is 59.5 Å². The SMILES string of the molecule is CC(C)(C)NS(=O)(=O)c1ccc(OCC(=O)Nc2ccccc2)cc1. The van der Waals surface area contributed by atoms with Crippen LogP contribution in [0.2, 0.25) is 0 Å². The van der Waals surface area contributed by atoms with Gasteiger partial charge in [-0.05, 0) is 57.2 Å². The zero-order valence-electron chi connectivity index (χ0n) is 14.4. The summed E-state index contributed by atoms with van der Waals surface area (Å²) in [5.41, 5.74) is 0.120. The van der Waals surface area contributed by atoms with Crippen molar-refractivity contribution < 1.29 is 17.9 Å². The molecule has 0 saturated heterocycles. The van der Waals surface area contributed by atoms with Gasteiger partial charge in [0.2, 0.25) is 10.0 Å². The third-order valence-electron chi connectivity index (χ3n) is 3.00. The van der Waals surface area contributed by atoms with Crippen molar-refractivity contribution in [3.8, 4) is 5.75 Å². The molecule has 0 saturated carbocycles. The van der Waals surface area contributed by atoms with Gasteiger partial charge < -0.3 is 10.1 Å². The van der Waals surface area contributed by atoms with Crippen molar-refractivity contribution in [1.82, 2.24) is 4.72 Å². The zero-order chi connectivity index (χ0) is 18.5. The van der Waals surface area contributed by atoms with E-state index in [1.807, 2.05) is 18.2 Å². The van der Waals surface area contributed by atoms with Crippen molar-refractivity contribution in [1.29, 1.82) is 0 Å². The number of para-hydroxylation sites is 1. The largest absolute Gasteiger partial charge is 0.484 e. The molecular weight excluding hydrogens is 340 g/mol. The van der Waals surface area contributed by atoms with Crippen LogP contribution in [-0.4, -0.2) is 26.5 Å². The number of hydrogen-bond donors (Lipinski definition) is 2. The lowest BCUT2D eigenvalue weighted by atomic mass is 10.1. The molecule has 0 spiro atoms. The number of ether oxygens (including phenoxy) is 1. The minimum atomic E-state index is -3.59. The van der Waals surface area contributed by atoms with Gasteiger partial charge in [0.05, 0.1) is 4.90 Å². The molecule has 2 aromatic rings. The molecule has 2 aromatic carbocycles. The summed E-state index contributed by atoms with van der Waals surface area (Å²) in [6.07, 6.45) is 0. The molecule has 0 radical (unpaired) electrons. The van der Waals surface area contributed by atoms with E-state index in [1.54, 1.807) is 32.9 Å². The van der Waals surface area contributed by atoms with Crippen molar-refractivity contribution in [2.24, 2.45) is 0 Å². The molecule has 1 amide bonds. The molecule has 2 rings (SSSR count). The first-order valence-corrected chi connectivity index (χ1v) is 9.26. The monoisotopic (exact) mass is 362 g/mol. The molecule has 0 aromatic heterocycles. The Hall–Kier alpha value is -2.38. The molecule has 25 heavy (non-hydrogen) atoms. The van der Waals surface area contributed by atoms with E-state index in [0.29, 0.717) is 11.4 Å². The van der Waals surface area contributed by atoms with Crippen LogP contribution in [0.3, 0.4) is 0 Å². The van der Waals surface area contributed by atoms with Crippen molar-refractivity contribution in [3.63, 3.8) is 0 Å². The third-order valence-corrected chi connectivity index (χ3v) is 4.78. The molecule has 134 valence electrons. The number of rotatable bonds is 6. The molecule has 0 aliphatic carbocycles. The van der Waals surface area contributed by atoms with E-state index in [4.69, 9.17) is 4.74 Å². The Labute approximate surface area is 148 Å². The maximum absolute atomic E-state index is 12.2. The Morgan fingerprint density at radius 1 is 1.00 bits per heavy atom. The molecule has 0 heterocycles. The fraction of sp³-hybridized carbons (Fsp3) is 0.278. The molecular formula is C18H22N2O4S. The third kappa shape index (κ3) is 6.21. The minimum Gasteiger partial charge on any atom is -0.484 e. The summed E-state index contributed by atoms with van der Waals surface area (Å²) in [5, 5.41) is 2.70. The molecule has 7 heteroatoms. The zero-order valence-corrected chi connectivity index (χ0v) is 15.3. The quantitative estimate of drug-likeness (QED) is 0.827. The highest BCUT2D eigenvalue weighted by Crippen LogP contribution is 2.17. The first-order valence-electron chi connectivity index (χ1n) is 7.77. The highest BCUT2D eigenvalue weighted by molar-refractivity contribution is 7.89. The number of hydrogen-bond acceptors (Lipinski definition) is 4. The van der Waals surface area contributed by atoms with Crippen molar-refractivity contribution >= 4 is 21.6 Å². The molecule has 0 unspecified atom stereocenters. The average Bonchev–Trinajstić information content (AvgIpc) is 2.52. The van der Waals surface area contributed by atoms with E-state index in [2.05, 4.69) is 10.0 Å². The predicted molar refractivity (Wildman–Crippen MR) is 97.1 cm³/mol. The molecule has 6 nitrogen and oxygen atoms in total. The van der Waals surface area contributed by atoms with Crippen LogP contribution in [0, 0.1) is 0 Å². The number of carbonyl (C=O) groups is 1. The Balaban J connectivity index is 1.93. The van der Waals surface area contributed by atoms with Gasteiger partial charge in [0.25, 0.3) is 5.91 Å². The van der Waals surface area contributed by atoms with Gasteiger partial charge in [-0.3, -0.25) is 4.79 Å². The van der Waals surface area contributed by atoms with Gasteiger partial charge >= 0.3 is 0 Å². The summed E-state index contributed by atoms with van der Waals surface area (Å²) in [7, 11) is -3.59. The van der Waals surface area contributed by atoms with Crippen molar-refractivity contribution in [2.45, 2.75) is 31.2 Å². The lowest BCUT2D eigenvalue weighted by molar-refractivity contribution is -0.118. The smallest absolute Gasteiger partial charge is 0.262 e. The summed E-state index contributed by atoms with van der Waals surface area (Å²) in [6, 6.07) is 15.0. The van der Waals surface area contributed by atoms with Crippen molar-refractivity contribution in [2.75, 3.05) is 11.9 Å². The van der Waals surface area contributed by atoms with Gasteiger partial charge in [-0.15, -0.1) is 0 Å². The van der Waals surface area contributed by atoms with E-state index in [9.17, 15) is 13.2 Å². The van der Waals surface area contributed by atoms with Gasteiger partial charge in [-0.2, -0.15) is 0 Å². The number of benzene rings is 2. The van der Waals surface area contributed by atoms with Crippen LogP contribution in [0.4, 0.5) is 5.69 Å². The average molecular weight is 362 g/mol. The van der Waals surface area contributed by atoms with Crippen LogP contribution in [0.25, 0.3) is 0 Å². The van der Waals surface area contributed by atoms with E-state index in [0.717, 1.165) is 0 Å². The molecule has 2 N–H and O–H groups in total. The Kier molecular flexibility index (Phi) is 5.81. The molecule has 0 atom stereocenters. The topological polar surface area (TPSA) is 84.5 Å². The van der Waals surface area contributed by atoms with Crippen LogP contribution < -0.4 is 14.8 Å². The predicted octanol–water partition coefficient (Wildman–Crippen LogP) is 2.78. The number of anilines is 1. The summed E-state index contributed by atoms with van der Waals surface area (Å²) in [5.74, 6) is 0.121. The fourth-order valence-electron chi connectivity index (χ4n) is 2.04. The van der Waals surface area contributed by atoms with Crippen LogP contribution in [0.5, 0.6) is 5.75 Å². The first-order chi connectivity index (χ1) is 11.7. The maximum atomic E-state index is 12.2. The summed E-state index contributed by atoms with van der Waals surface area (Å²) >= 11 is 0. The second kappa shape index (κ2) is 7.67. The van der Waals surface area contributed by atoms with E-state index < -0.39 is 15.6 Å². The fourth-order valence-corrected chi connectivity index (χ4v) is 3.46. The summed E-state index contributed by atoms with van der Waals surface area (Å²) in [6.45, 7) is 5.15. The van der Waals surface area contributed by atoms with Gasteiger partial charge in [-0.1, -0.05) is 18.2 Å². The van der Waals surface area contributed by atoms with Crippen molar-refractivity contribution in [3.05, 3.63) is 54.6 Å². The van der Waals surface area contributed by atoms with Gasteiger partial charge in [0.15, 0.2) is 6.61 Å². The Morgan fingerprint density at radius 2 is 1.60 bits per heavy atom. The van der Waals surface area contributed by atoms with Gasteiger partial charge in [0.1, 0.15) is 5.75 Å². The number of sulfonamides is 1. The standard InChI is InChI=1S/C18H22N2O4S/c1-18(2,3)20-25(22,23)16-11-9-15(10-12-16)24-13-17(21)19-14-7-5-4-6-8-14/h4-12,20H,13H2,1-3H3,(H,19,21). The molecule has 0 bridgehead atoms.